The largest absolute Gasteiger partial charge is 0.367 e. The number of aromatic amines is 1. The van der Waals surface area contributed by atoms with Crippen molar-refractivity contribution >= 4 is 16.9 Å². The molecule has 0 saturated carbocycles. The fraction of sp³-hybridized carbons (Fsp3) is 0.455. The Balaban J connectivity index is 2.63. The lowest BCUT2D eigenvalue weighted by atomic mass is 10.2. The van der Waals surface area contributed by atoms with Gasteiger partial charge >= 0.3 is 0 Å². The molecule has 2 N–H and O–H groups in total. The van der Waals surface area contributed by atoms with Crippen molar-refractivity contribution in [2.75, 3.05) is 5.32 Å². The third-order valence-corrected chi connectivity index (χ3v) is 2.27. The molecule has 2 aromatic rings. The van der Waals surface area contributed by atoms with Crippen molar-refractivity contribution in [1.82, 2.24) is 15.0 Å². The maximum Gasteiger partial charge on any atom is 0.143 e. The molecule has 0 saturated heterocycles. The molecule has 0 aliphatic carbocycles. The number of nitrogens with one attached hydrogen (secondary N) is 2. The number of rotatable bonds is 2. The van der Waals surface area contributed by atoms with E-state index < -0.39 is 0 Å². The number of aromatic nitrogens is 3. The second kappa shape index (κ2) is 3.53. The van der Waals surface area contributed by atoms with Gasteiger partial charge in [-0.05, 0) is 33.3 Å². The molecule has 0 aliphatic heterocycles. The van der Waals surface area contributed by atoms with Crippen molar-refractivity contribution in [2.24, 2.45) is 0 Å². The fourth-order valence-corrected chi connectivity index (χ4v) is 1.68. The summed E-state index contributed by atoms with van der Waals surface area (Å²) in [4.78, 5) is 11.9. The van der Waals surface area contributed by atoms with Crippen molar-refractivity contribution in [2.45, 2.75) is 33.7 Å². The minimum atomic E-state index is 0.372. The molecule has 80 valence electrons. The molecule has 0 aromatic carbocycles. The van der Waals surface area contributed by atoms with Gasteiger partial charge in [0.1, 0.15) is 17.3 Å². The molecule has 0 radical (unpaired) electrons. The molecule has 0 atom stereocenters. The lowest BCUT2D eigenvalue weighted by Gasteiger charge is -2.10. The Bertz CT molecular complexity index is 485. The van der Waals surface area contributed by atoms with E-state index in [4.69, 9.17) is 0 Å². The third kappa shape index (κ3) is 1.79. The van der Waals surface area contributed by atoms with E-state index in [1.807, 2.05) is 13.1 Å². The van der Waals surface area contributed by atoms with E-state index in [-0.39, 0.29) is 0 Å². The van der Waals surface area contributed by atoms with Crippen LogP contribution in [0.4, 0.5) is 5.82 Å². The van der Waals surface area contributed by atoms with Crippen LogP contribution in [0.3, 0.4) is 0 Å². The quantitative estimate of drug-likeness (QED) is 0.789. The van der Waals surface area contributed by atoms with Crippen molar-refractivity contribution in [3.8, 4) is 0 Å². The summed E-state index contributed by atoms with van der Waals surface area (Å²) in [6.45, 7) is 8.17. The van der Waals surface area contributed by atoms with Crippen LogP contribution >= 0.6 is 0 Å². The third-order valence-electron chi connectivity index (χ3n) is 2.27. The standard InChI is InChI=1S/C11H16N4/c1-6(2)13-11-9-7(3)5-12-10(9)14-8(4)15-11/h5-6H,1-4H3,(H2,12,13,14,15). The first-order valence-corrected chi connectivity index (χ1v) is 5.17. The van der Waals surface area contributed by atoms with Gasteiger partial charge in [-0.25, -0.2) is 9.97 Å². The smallest absolute Gasteiger partial charge is 0.143 e. The Morgan fingerprint density at radius 3 is 2.67 bits per heavy atom. The molecule has 0 amide bonds. The zero-order valence-corrected chi connectivity index (χ0v) is 9.55. The van der Waals surface area contributed by atoms with Gasteiger partial charge in [0.25, 0.3) is 0 Å². The van der Waals surface area contributed by atoms with Gasteiger partial charge in [-0.1, -0.05) is 0 Å². The van der Waals surface area contributed by atoms with Crippen LogP contribution in [-0.2, 0) is 0 Å². The lowest BCUT2D eigenvalue weighted by molar-refractivity contribution is 0.886. The van der Waals surface area contributed by atoms with Gasteiger partial charge in [0.2, 0.25) is 0 Å². The van der Waals surface area contributed by atoms with Gasteiger partial charge in [-0.3, -0.25) is 0 Å². The van der Waals surface area contributed by atoms with E-state index in [2.05, 4.69) is 41.0 Å². The molecule has 4 heteroatoms. The molecule has 2 aromatic heterocycles. The fourth-order valence-electron chi connectivity index (χ4n) is 1.68. The molecule has 0 bridgehead atoms. The van der Waals surface area contributed by atoms with E-state index in [1.54, 1.807) is 0 Å². The van der Waals surface area contributed by atoms with Crippen LogP contribution < -0.4 is 5.32 Å². The molecular weight excluding hydrogens is 188 g/mol. The van der Waals surface area contributed by atoms with Crippen LogP contribution in [0.1, 0.15) is 25.2 Å². The molecule has 15 heavy (non-hydrogen) atoms. The summed E-state index contributed by atoms with van der Waals surface area (Å²) < 4.78 is 0. The Morgan fingerprint density at radius 2 is 2.00 bits per heavy atom. The van der Waals surface area contributed by atoms with Gasteiger partial charge in [-0.2, -0.15) is 0 Å². The highest BCUT2D eigenvalue weighted by molar-refractivity contribution is 5.90. The summed E-state index contributed by atoms with van der Waals surface area (Å²) in [6.07, 6.45) is 1.96. The second-order valence-corrected chi connectivity index (χ2v) is 4.11. The average molecular weight is 204 g/mol. The summed E-state index contributed by atoms with van der Waals surface area (Å²) in [5.74, 6) is 1.71. The summed E-state index contributed by atoms with van der Waals surface area (Å²) in [7, 11) is 0. The minimum absolute atomic E-state index is 0.372. The van der Waals surface area contributed by atoms with Crippen LogP contribution in [0.5, 0.6) is 0 Å². The molecule has 2 rings (SSSR count). The highest BCUT2D eigenvalue weighted by Gasteiger charge is 2.10. The first-order chi connectivity index (χ1) is 7.08. The Morgan fingerprint density at radius 1 is 1.27 bits per heavy atom. The van der Waals surface area contributed by atoms with E-state index in [0.29, 0.717) is 6.04 Å². The molecule has 4 nitrogen and oxygen atoms in total. The number of anilines is 1. The number of hydrogen-bond donors (Lipinski definition) is 2. The maximum atomic E-state index is 4.43. The van der Waals surface area contributed by atoms with Crippen molar-refractivity contribution < 1.29 is 0 Å². The summed E-state index contributed by atoms with van der Waals surface area (Å²) >= 11 is 0. The molecule has 0 aliphatic rings. The first kappa shape index (κ1) is 9.96. The molecule has 2 heterocycles. The predicted octanol–water partition coefficient (Wildman–Crippen LogP) is 2.40. The summed E-state index contributed by atoms with van der Waals surface area (Å²) in [6, 6.07) is 0.372. The Hall–Kier alpha value is -1.58. The SMILES string of the molecule is Cc1nc(NC(C)C)c2c(C)c[nH]c2n1. The second-order valence-electron chi connectivity index (χ2n) is 4.11. The van der Waals surface area contributed by atoms with Crippen LogP contribution in [0.15, 0.2) is 6.20 Å². The topological polar surface area (TPSA) is 53.6 Å². The highest BCUT2D eigenvalue weighted by atomic mass is 15.1. The highest BCUT2D eigenvalue weighted by Crippen LogP contribution is 2.23. The molecule has 0 spiro atoms. The summed E-state index contributed by atoms with van der Waals surface area (Å²) in [5.41, 5.74) is 2.08. The van der Waals surface area contributed by atoms with Crippen LogP contribution in [0.25, 0.3) is 11.0 Å². The van der Waals surface area contributed by atoms with E-state index in [9.17, 15) is 0 Å². The number of fused-ring (bicyclic) bond motifs is 1. The Labute approximate surface area is 89.1 Å². The summed E-state index contributed by atoms with van der Waals surface area (Å²) in [5, 5.41) is 4.44. The van der Waals surface area contributed by atoms with E-state index in [0.717, 1.165) is 22.7 Å². The normalized spacial score (nSPS) is 11.3. The lowest BCUT2D eigenvalue weighted by Crippen LogP contribution is -2.12. The van der Waals surface area contributed by atoms with Gasteiger partial charge in [0.05, 0.1) is 5.39 Å². The first-order valence-electron chi connectivity index (χ1n) is 5.17. The average Bonchev–Trinajstić information content (AvgIpc) is 2.46. The number of aryl methyl sites for hydroxylation is 2. The van der Waals surface area contributed by atoms with Crippen molar-refractivity contribution in [1.29, 1.82) is 0 Å². The number of H-pyrrole nitrogens is 1. The van der Waals surface area contributed by atoms with E-state index >= 15 is 0 Å². The monoisotopic (exact) mass is 204 g/mol. The number of hydrogen-bond acceptors (Lipinski definition) is 3. The van der Waals surface area contributed by atoms with Crippen LogP contribution in [0.2, 0.25) is 0 Å². The predicted molar refractivity (Wildman–Crippen MR) is 62.1 cm³/mol. The van der Waals surface area contributed by atoms with Crippen LogP contribution in [-0.4, -0.2) is 21.0 Å². The van der Waals surface area contributed by atoms with Gasteiger partial charge in [0.15, 0.2) is 0 Å². The molecule has 0 fully saturated rings. The number of nitrogens with zero attached hydrogens (tertiary/aromatic N) is 2. The van der Waals surface area contributed by atoms with Gasteiger partial charge < -0.3 is 10.3 Å². The maximum absolute atomic E-state index is 4.43. The van der Waals surface area contributed by atoms with E-state index in [1.165, 1.54) is 5.56 Å². The molecular formula is C11H16N4. The van der Waals surface area contributed by atoms with Crippen LogP contribution in [0, 0.1) is 13.8 Å². The molecule has 0 unspecified atom stereocenters. The van der Waals surface area contributed by atoms with Gasteiger partial charge in [-0.15, -0.1) is 0 Å². The Kier molecular flexibility index (Phi) is 2.34. The zero-order chi connectivity index (χ0) is 11.0. The minimum Gasteiger partial charge on any atom is -0.367 e. The zero-order valence-electron chi connectivity index (χ0n) is 9.55. The van der Waals surface area contributed by atoms with Crippen molar-refractivity contribution in [3.05, 3.63) is 17.6 Å². The van der Waals surface area contributed by atoms with Gasteiger partial charge in [0, 0.05) is 12.2 Å². The van der Waals surface area contributed by atoms with Crippen molar-refractivity contribution in [3.63, 3.8) is 0 Å².